The van der Waals surface area contributed by atoms with Crippen molar-refractivity contribution in [3.05, 3.63) is 22.5 Å². The van der Waals surface area contributed by atoms with Crippen molar-refractivity contribution >= 4 is 17.6 Å². The molecule has 17 heavy (non-hydrogen) atoms. The molecule has 1 aliphatic heterocycles. The molecule has 6 nitrogen and oxygen atoms in total. The molecular weight excluding hydrogens is 249 g/mol. The first kappa shape index (κ1) is 12.3. The fraction of sp³-hybridized carbons (Fsp3) is 0.556. The van der Waals surface area contributed by atoms with Crippen molar-refractivity contribution in [2.45, 2.75) is 11.7 Å². The minimum Gasteiger partial charge on any atom is -0.381 e. The number of ether oxygens (including phenoxy) is 2. The minimum absolute atomic E-state index is 0.155. The molecule has 2 heterocycles. The van der Waals surface area contributed by atoms with Crippen LogP contribution in [0.4, 0.5) is 10.2 Å². The second-order valence-electron chi connectivity index (χ2n) is 3.47. The van der Waals surface area contributed by atoms with E-state index in [9.17, 15) is 9.18 Å². The maximum atomic E-state index is 13.2. The SMILES string of the molecule is COCC1OC(n2cc(F)c(N)nc2=O)CS1. The molecule has 1 aromatic rings. The molecule has 1 aromatic heterocycles. The molecule has 0 aromatic carbocycles. The second kappa shape index (κ2) is 5.03. The predicted molar refractivity (Wildman–Crippen MR) is 61.1 cm³/mol. The monoisotopic (exact) mass is 261 g/mol. The van der Waals surface area contributed by atoms with Crippen LogP contribution in [0.5, 0.6) is 0 Å². The molecule has 0 saturated carbocycles. The third-order valence-corrected chi connectivity index (χ3v) is 3.38. The van der Waals surface area contributed by atoms with Gasteiger partial charge in [0, 0.05) is 12.9 Å². The highest BCUT2D eigenvalue weighted by Crippen LogP contribution is 2.31. The summed E-state index contributed by atoms with van der Waals surface area (Å²) in [4.78, 5) is 14.9. The van der Waals surface area contributed by atoms with Gasteiger partial charge in [-0.2, -0.15) is 4.98 Å². The van der Waals surface area contributed by atoms with Gasteiger partial charge < -0.3 is 15.2 Å². The molecule has 0 radical (unpaired) electrons. The van der Waals surface area contributed by atoms with Crippen LogP contribution in [-0.4, -0.2) is 34.5 Å². The molecule has 2 unspecified atom stereocenters. The van der Waals surface area contributed by atoms with Gasteiger partial charge in [0.15, 0.2) is 11.6 Å². The van der Waals surface area contributed by atoms with Crippen molar-refractivity contribution in [1.82, 2.24) is 9.55 Å². The number of thioether (sulfide) groups is 1. The summed E-state index contributed by atoms with van der Waals surface area (Å²) in [6.45, 7) is 0.417. The Bertz CT molecular complexity index is 467. The average molecular weight is 261 g/mol. The predicted octanol–water partition coefficient (Wildman–Crippen LogP) is 0.199. The lowest BCUT2D eigenvalue weighted by molar-refractivity contribution is -0.0156. The fourth-order valence-electron chi connectivity index (χ4n) is 1.48. The first-order valence-electron chi connectivity index (χ1n) is 4.92. The molecule has 2 N–H and O–H groups in total. The second-order valence-corrected chi connectivity index (χ2v) is 4.67. The number of nitrogen functional groups attached to an aromatic ring is 1. The number of rotatable bonds is 3. The van der Waals surface area contributed by atoms with Crippen LogP contribution in [0.3, 0.4) is 0 Å². The minimum atomic E-state index is -0.728. The van der Waals surface area contributed by atoms with E-state index < -0.39 is 23.6 Å². The van der Waals surface area contributed by atoms with Gasteiger partial charge in [0.1, 0.15) is 11.7 Å². The van der Waals surface area contributed by atoms with Gasteiger partial charge in [-0.05, 0) is 0 Å². The molecule has 0 spiro atoms. The molecular formula is C9H12FN3O3S. The highest BCUT2D eigenvalue weighted by Gasteiger charge is 2.28. The van der Waals surface area contributed by atoms with Crippen molar-refractivity contribution < 1.29 is 13.9 Å². The molecule has 1 fully saturated rings. The van der Waals surface area contributed by atoms with Crippen molar-refractivity contribution in [1.29, 1.82) is 0 Å². The third kappa shape index (κ3) is 2.59. The summed E-state index contributed by atoms with van der Waals surface area (Å²) < 4.78 is 24.8. The Balaban J connectivity index is 2.19. The Labute approximate surface area is 101 Å². The Morgan fingerprint density at radius 3 is 3.29 bits per heavy atom. The van der Waals surface area contributed by atoms with Gasteiger partial charge in [0.25, 0.3) is 0 Å². The van der Waals surface area contributed by atoms with Crippen molar-refractivity contribution in [3.8, 4) is 0 Å². The maximum Gasteiger partial charge on any atom is 0.351 e. The van der Waals surface area contributed by atoms with Crippen LogP contribution in [0.15, 0.2) is 11.0 Å². The maximum absolute atomic E-state index is 13.2. The van der Waals surface area contributed by atoms with E-state index >= 15 is 0 Å². The van der Waals surface area contributed by atoms with Gasteiger partial charge in [-0.25, -0.2) is 9.18 Å². The van der Waals surface area contributed by atoms with E-state index in [4.69, 9.17) is 15.2 Å². The number of hydrogen-bond donors (Lipinski definition) is 1. The van der Waals surface area contributed by atoms with Crippen LogP contribution in [0.25, 0.3) is 0 Å². The van der Waals surface area contributed by atoms with Gasteiger partial charge in [-0.3, -0.25) is 4.57 Å². The zero-order valence-corrected chi connectivity index (χ0v) is 9.95. The Hall–Kier alpha value is -1.12. The van der Waals surface area contributed by atoms with Gasteiger partial charge in [0.2, 0.25) is 0 Å². The van der Waals surface area contributed by atoms with E-state index in [-0.39, 0.29) is 5.44 Å². The fourth-order valence-corrected chi connectivity index (χ4v) is 2.53. The highest BCUT2D eigenvalue weighted by atomic mass is 32.2. The summed E-state index contributed by atoms with van der Waals surface area (Å²) in [5.74, 6) is -0.586. The third-order valence-electron chi connectivity index (χ3n) is 2.28. The van der Waals surface area contributed by atoms with Crippen molar-refractivity contribution in [3.63, 3.8) is 0 Å². The lowest BCUT2D eigenvalue weighted by Gasteiger charge is -2.14. The van der Waals surface area contributed by atoms with Crippen LogP contribution in [0, 0.1) is 5.82 Å². The van der Waals surface area contributed by atoms with Crippen LogP contribution in [0.2, 0.25) is 0 Å². The Morgan fingerprint density at radius 2 is 2.59 bits per heavy atom. The van der Waals surface area contributed by atoms with E-state index in [0.29, 0.717) is 12.4 Å². The van der Waals surface area contributed by atoms with Crippen molar-refractivity contribution in [2.75, 3.05) is 25.2 Å². The zero-order valence-electron chi connectivity index (χ0n) is 9.13. The topological polar surface area (TPSA) is 79.4 Å². The summed E-state index contributed by atoms with van der Waals surface area (Å²) in [6, 6.07) is 0. The van der Waals surface area contributed by atoms with E-state index in [2.05, 4.69) is 4.98 Å². The molecule has 8 heteroatoms. The summed E-state index contributed by atoms with van der Waals surface area (Å²) in [6.07, 6.45) is 0.487. The number of nitrogens with zero attached hydrogens (tertiary/aromatic N) is 2. The van der Waals surface area contributed by atoms with E-state index in [1.165, 1.54) is 11.8 Å². The first-order chi connectivity index (χ1) is 8.11. The molecule has 2 rings (SSSR count). The lowest BCUT2D eigenvalue weighted by atomic mass is 10.5. The summed E-state index contributed by atoms with van der Waals surface area (Å²) in [5, 5.41) is 0. The number of halogens is 1. The summed E-state index contributed by atoms with van der Waals surface area (Å²) in [7, 11) is 1.56. The molecule has 0 aliphatic carbocycles. The molecule has 2 atom stereocenters. The van der Waals surface area contributed by atoms with Gasteiger partial charge >= 0.3 is 5.69 Å². The smallest absolute Gasteiger partial charge is 0.351 e. The first-order valence-corrected chi connectivity index (χ1v) is 5.97. The molecule has 0 bridgehead atoms. The molecule has 94 valence electrons. The average Bonchev–Trinajstić information content (AvgIpc) is 2.72. The van der Waals surface area contributed by atoms with Crippen LogP contribution >= 0.6 is 11.8 Å². The van der Waals surface area contributed by atoms with E-state index in [1.54, 1.807) is 7.11 Å². The van der Waals surface area contributed by atoms with E-state index in [0.717, 1.165) is 10.8 Å². The van der Waals surface area contributed by atoms with Gasteiger partial charge in [-0.15, -0.1) is 11.8 Å². The number of aromatic nitrogens is 2. The molecule has 1 saturated heterocycles. The van der Waals surface area contributed by atoms with E-state index in [1.807, 2.05) is 0 Å². The highest BCUT2D eigenvalue weighted by molar-refractivity contribution is 8.00. The Kier molecular flexibility index (Phi) is 3.65. The summed E-state index contributed by atoms with van der Waals surface area (Å²) in [5.41, 5.74) is 4.42. The standard InChI is InChI=1S/C9H12FN3O3S/c1-15-3-7-16-6(4-17-7)13-2-5(10)8(11)12-9(13)14/h2,6-7H,3-4H2,1H3,(H2,11,12,14). The van der Waals surface area contributed by atoms with Crippen LogP contribution in [0.1, 0.15) is 6.23 Å². The number of nitrogens with two attached hydrogens (primary N) is 1. The normalized spacial score (nSPS) is 24.1. The lowest BCUT2D eigenvalue weighted by Crippen LogP contribution is -2.29. The Morgan fingerprint density at radius 1 is 1.82 bits per heavy atom. The largest absolute Gasteiger partial charge is 0.381 e. The van der Waals surface area contributed by atoms with Gasteiger partial charge in [0.05, 0.1) is 12.8 Å². The summed E-state index contributed by atoms with van der Waals surface area (Å²) >= 11 is 1.50. The number of methoxy groups -OCH3 is 1. The van der Waals surface area contributed by atoms with Crippen molar-refractivity contribution in [2.24, 2.45) is 0 Å². The quantitative estimate of drug-likeness (QED) is 0.837. The molecule has 1 aliphatic rings. The number of hydrogen-bond acceptors (Lipinski definition) is 6. The van der Waals surface area contributed by atoms with Gasteiger partial charge in [-0.1, -0.05) is 0 Å². The number of anilines is 1. The zero-order chi connectivity index (χ0) is 12.4. The molecule has 0 amide bonds. The van der Waals surface area contributed by atoms with Crippen LogP contribution in [-0.2, 0) is 9.47 Å². The van der Waals surface area contributed by atoms with Crippen LogP contribution < -0.4 is 11.4 Å².